The summed E-state index contributed by atoms with van der Waals surface area (Å²) in [6.07, 6.45) is 4.05. The zero-order valence-corrected chi connectivity index (χ0v) is 36.1. The van der Waals surface area contributed by atoms with E-state index in [0.29, 0.717) is 0 Å². The maximum Gasteiger partial charge on any atom is 0.0937 e. The van der Waals surface area contributed by atoms with Crippen molar-refractivity contribution in [2.45, 2.75) is 5.41 Å². The van der Waals surface area contributed by atoms with Gasteiger partial charge in [-0.3, -0.25) is 9.97 Å². The van der Waals surface area contributed by atoms with Crippen LogP contribution in [0.3, 0.4) is 0 Å². The highest BCUT2D eigenvalue weighted by Gasteiger charge is 2.49. The SMILES string of the molecule is Cn1c2ccc(-c3ccccc3)cc2c2cc(C3(c4ccc5c(c4)c4cc(-c6ccccc6)ccc4n5C)c4cc(-c5ccccc5)cnc4-c4ncc(-c5ccccc5)cc43)ccc21. The molecule has 0 unspecified atom stereocenters. The Balaban J connectivity index is 1.16. The predicted molar refractivity (Wildman–Crippen MR) is 269 cm³/mol. The molecule has 306 valence electrons. The Kier molecular flexibility index (Phi) is 8.22. The van der Waals surface area contributed by atoms with Gasteiger partial charge in [-0.1, -0.05) is 146 Å². The van der Waals surface area contributed by atoms with E-state index in [1.165, 1.54) is 77.0 Å². The number of pyridine rings is 2. The van der Waals surface area contributed by atoms with Crippen molar-refractivity contribution in [1.82, 2.24) is 19.1 Å². The quantitative estimate of drug-likeness (QED) is 0.167. The molecule has 65 heavy (non-hydrogen) atoms. The van der Waals surface area contributed by atoms with E-state index in [2.05, 4.69) is 229 Å². The minimum absolute atomic E-state index is 0.805. The molecule has 12 aromatic rings. The zero-order valence-electron chi connectivity index (χ0n) is 36.1. The van der Waals surface area contributed by atoms with Gasteiger partial charge in [-0.15, -0.1) is 0 Å². The van der Waals surface area contributed by atoms with Crippen LogP contribution in [0.2, 0.25) is 0 Å². The van der Waals surface area contributed by atoms with Gasteiger partial charge in [0.25, 0.3) is 0 Å². The first kappa shape index (κ1) is 37.2. The first-order valence-electron chi connectivity index (χ1n) is 22.3. The summed E-state index contributed by atoms with van der Waals surface area (Å²) in [6, 6.07) is 75.6. The number of aryl methyl sites for hydroxylation is 2. The van der Waals surface area contributed by atoms with Crippen LogP contribution in [0.1, 0.15) is 22.3 Å². The summed E-state index contributed by atoms with van der Waals surface area (Å²) in [4.78, 5) is 10.8. The first-order chi connectivity index (χ1) is 32.0. The number of fused-ring (bicyclic) bond motifs is 9. The smallest absolute Gasteiger partial charge is 0.0937 e. The van der Waals surface area contributed by atoms with Crippen molar-refractivity contribution in [1.29, 1.82) is 0 Å². The molecule has 1 aliphatic carbocycles. The van der Waals surface area contributed by atoms with Crippen LogP contribution < -0.4 is 0 Å². The van der Waals surface area contributed by atoms with Gasteiger partial charge in [0.15, 0.2) is 0 Å². The second kappa shape index (κ2) is 14.3. The van der Waals surface area contributed by atoms with Crippen molar-refractivity contribution in [3.8, 4) is 55.9 Å². The van der Waals surface area contributed by atoms with Crippen LogP contribution >= 0.6 is 0 Å². The van der Waals surface area contributed by atoms with Gasteiger partial charge in [0.05, 0.1) is 16.8 Å². The highest BCUT2D eigenvalue weighted by molar-refractivity contribution is 6.11. The lowest BCUT2D eigenvalue weighted by molar-refractivity contribution is 0.768. The van der Waals surface area contributed by atoms with Crippen LogP contribution in [0.15, 0.2) is 219 Å². The summed E-state index contributed by atoms with van der Waals surface area (Å²) in [5.41, 5.74) is 19.6. The molecule has 0 saturated heterocycles. The molecular weight excluding hydrogens is 789 g/mol. The van der Waals surface area contributed by atoms with Crippen LogP contribution in [-0.2, 0) is 19.5 Å². The van der Waals surface area contributed by atoms with E-state index in [9.17, 15) is 0 Å². The molecular formula is C61H42N4. The Morgan fingerprint density at radius 1 is 0.308 bits per heavy atom. The molecule has 0 aliphatic heterocycles. The summed E-state index contributed by atoms with van der Waals surface area (Å²) in [7, 11) is 4.37. The van der Waals surface area contributed by atoms with Gasteiger partial charge in [0.1, 0.15) is 0 Å². The molecule has 4 aromatic heterocycles. The normalized spacial score (nSPS) is 12.9. The second-order valence-corrected chi connectivity index (χ2v) is 17.5. The molecule has 0 saturated carbocycles. The van der Waals surface area contributed by atoms with Crippen LogP contribution in [0, 0.1) is 0 Å². The van der Waals surface area contributed by atoms with Crippen molar-refractivity contribution in [2.24, 2.45) is 14.1 Å². The molecule has 4 heteroatoms. The monoisotopic (exact) mass is 830 g/mol. The molecule has 0 fully saturated rings. The third-order valence-corrected chi connectivity index (χ3v) is 14.1. The van der Waals surface area contributed by atoms with Crippen LogP contribution in [0.4, 0.5) is 0 Å². The van der Waals surface area contributed by atoms with Crippen LogP contribution in [-0.4, -0.2) is 19.1 Å². The van der Waals surface area contributed by atoms with E-state index >= 15 is 0 Å². The third-order valence-electron chi connectivity index (χ3n) is 14.1. The highest BCUT2D eigenvalue weighted by atomic mass is 14.9. The fourth-order valence-electron chi connectivity index (χ4n) is 10.9. The predicted octanol–water partition coefficient (Wildman–Crippen LogP) is 14.8. The Labute approximate surface area is 377 Å². The number of hydrogen-bond donors (Lipinski definition) is 0. The van der Waals surface area contributed by atoms with Gasteiger partial charge in [-0.2, -0.15) is 0 Å². The third kappa shape index (κ3) is 5.57. The second-order valence-electron chi connectivity index (χ2n) is 17.5. The maximum absolute atomic E-state index is 5.38. The van der Waals surface area contributed by atoms with Gasteiger partial charge in [0.2, 0.25) is 0 Å². The molecule has 1 aliphatic rings. The number of rotatable bonds is 6. The van der Waals surface area contributed by atoms with E-state index in [4.69, 9.17) is 9.97 Å². The molecule has 0 spiro atoms. The standard InChI is InChI=1S/C61H42N4/c1-64-55-27-23-43(39-15-7-3-8-16-39)31-49(55)51-35-47(25-29-57(51)64)61(48-26-30-58-52(36-48)50-32-44(24-28-56(50)65(58)2)40-17-9-4-10-18-40)53-33-45(41-19-11-5-12-20-41)37-62-59(53)60-54(61)34-46(38-63-60)42-21-13-6-14-22-42/h3-38H,1-2H3. The van der Waals surface area contributed by atoms with E-state index in [1.807, 2.05) is 12.4 Å². The molecule has 0 N–H and O–H groups in total. The largest absolute Gasteiger partial charge is 0.344 e. The Morgan fingerprint density at radius 3 is 1.00 bits per heavy atom. The molecule has 0 amide bonds. The van der Waals surface area contributed by atoms with Crippen molar-refractivity contribution < 1.29 is 0 Å². The Bertz CT molecular complexity index is 3570. The first-order valence-corrected chi connectivity index (χ1v) is 22.3. The Morgan fingerprint density at radius 2 is 0.631 bits per heavy atom. The van der Waals surface area contributed by atoms with Crippen LogP contribution in [0.25, 0.3) is 99.5 Å². The minimum Gasteiger partial charge on any atom is -0.344 e. The highest BCUT2D eigenvalue weighted by Crippen LogP contribution is 2.57. The molecule has 0 radical (unpaired) electrons. The lowest BCUT2D eigenvalue weighted by Gasteiger charge is -2.34. The summed E-state index contributed by atoms with van der Waals surface area (Å²) in [6.45, 7) is 0. The van der Waals surface area contributed by atoms with E-state index in [0.717, 1.165) is 44.8 Å². The molecule has 13 rings (SSSR count). The molecule has 4 heterocycles. The lowest BCUT2D eigenvalue weighted by Crippen LogP contribution is -2.29. The number of nitrogens with zero attached hydrogens (tertiary/aromatic N) is 4. The van der Waals surface area contributed by atoms with E-state index in [-0.39, 0.29) is 0 Å². The van der Waals surface area contributed by atoms with Crippen molar-refractivity contribution >= 4 is 43.6 Å². The van der Waals surface area contributed by atoms with Crippen LogP contribution in [0.5, 0.6) is 0 Å². The summed E-state index contributed by atoms with van der Waals surface area (Å²) in [5, 5.41) is 4.88. The number of aromatic nitrogens is 4. The van der Waals surface area contributed by atoms with E-state index in [1.54, 1.807) is 0 Å². The average Bonchev–Trinajstić information content (AvgIpc) is 3.95. The average molecular weight is 831 g/mol. The van der Waals surface area contributed by atoms with Gasteiger partial charge in [-0.05, 0) is 105 Å². The fourth-order valence-corrected chi connectivity index (χ4v) is 10.9. The summed E-state index contributed by atoms with van der Waals surface area (Å²) in [5.74, 6) is 0. The lowest BCUT2D eigenvalue weighted by atomic mass is 9.67. The molecule has 8 aromatic carbocycles. The van der Waals surface area contributed by atoms with Gasteiger partial charge < -0.3 is 9.13 Å². The molecule has 4 nitrogen and oxygen atoms in total. The van der Waals surface area contributed by atoms with E-state index < -0.39 is 5.41 Å². The molecule has 0 bridgehead atoms. The topological polar surface area (TPSA) is 35.6 Å². The summed E-state index contributed by atoms with van der Waals surface area (Å²) < 4.78 is 4.67. The molecule has 0 atom stereocenters. The minimum atomic E-state index is -0.805. The Hall–Kier alpha value is -8.34. The van der Waals surface area contributed by atoms with Crippen molar-refractivity contribution in [3.63, 3.8) is 0 Å². The number of benzene rings is 8. The fraction of sp³-hybridized carbons (Fsp3) is 0.0492. The van der Waals surface area contributed by atoms with Gasteiger partial charge in [-0.25, -0.2) is 0 Å². The zero-order chi connectivity index (χ0) is 43.2. The van der Waals surface area contributed by atoms with Crippen molar-refractivity contribution in [3.05, 3.63) is 241 Å². The van der Waals surface area contributed by atoms with Crippen molar-refractivity contribution in [2.75, 3.05) is 0 Å². The maximum atomic E-state index is 5.38. The van der Waals surface area contributed by atoms with Gasteiger partial charge in [0, 0.05) is 92.4 Å². The number of hydrogen-bond acceptors (Lipinski definition) is 2. The van der Waals surface area contributed by atoms with Gasteiger partial charge >= 0.3 is 0 Å². The summed E-state index contributed by atoms with van der Waals surface area (Å²) >= 11 is 0.